The summed E-state index contributed by atoms with van der Waals surface area (Å²) in [6.07, 6.45) is 2.11. The van der Waals surface area contributed by atoms with Crippen LogP contribution in [0.25, 0.3) is 0 Å². The summed E-state index contributed by atoms with van der Waals surface area (Å²) in [6.45, 7) is 9.26. The van der Waals surface area contributed by atoms with Crippen LogP contribution in [0.2, 0.25) is 5.02 Å². The van der Waals surface area contributed by atoms with Gasteiger partial charge in [0, 0.05) is 30.0 Å². The largest absolute Gasteiger partial charge is 0.346 e. The molecule has 0 aliphatic carbocycles. The van der Waals surface area contributed by atoms with Crippen molar-refractivity contribution < 1.29 is 0 Å². The second kappa shape index (κ2) is 6.96. The van der Waals surface area contributed by atoms with E-state index in [4.69, 9.17) is 11.6 Å². The lowest BCUT2D eigenvalue weighted by Gasteiger charge is -2.13. The average Bonchev–Trinajstić information content (AvgIpc) is 2.80. The van der Waals surface area contributed by atoms with E-state index in [1.165, 1.54) is 16.8 Å². The smallest absolute Gasteiger partial charge is 0.0488 e. The van der Waals surface area contributed by atoms with Crippen LogP contribution < -0.4 is 5.32 Å². The van der Waals surface area contributed by atoms with E-state index in [0.29, 0.717) is 5.92 Å². The summed E-state index contributed by atoms with van der Waals surface area (Å²) in [7, 11) is 0. The summed E-state index contributed by atoms with van der Waals surface area (Å²) in [5, 5.41) is 4.33. The van der Waals surface area contributed by atoms with E-state index in [-0.39, 0.29) is 0 Å². The van der Waals surface area contributed by atoms with E-state index in [2.05, 4.69) is 61.1 Å². The molecule has 1 aromatic carbocycles. The highest BCUT2D eigenvalue weighted by atomic mass is 35.5. The quantitative estimate of drug-likeness (QED) is 0.842. The highest BCUT2D eigenvalue weighted by molar-refractivity contribution is 6.31. The number of aryl methyl sites for hydroxylation is 1. The molecule has 0 aliphatic rings. The minimum atomic E-state index is 0.671. The maximum absolute atomic E-state index is 6.32. The van der Waals surface area contributed by atoms with Crippen molar-refractivity contribution in [1.82, 2.24) is 9.88 Å². The molecule has 0 radical (unpaired) electrons. The maximum atomic E-state index is 6.32. The van der Waals surface area contributed by atoms with Gasteiger partial charge < -0.3 is 9.88 Å². The normalized spacial score (nSPS) is 11.2. The number of aromatic nitrogens is 1. The molecule has 20 heavy (non-hydrogen) atoms. The van der Waals surface area contributed by atoms with Gasteiger partial charge in [0.25, 0.3) is 0 Å². The van der Waals surface area contributed by atoms with Crippen LogP contribution in [0.15, 0.2) is 36.5 Å². The predicted octanol–water partition coefficient (Wildman–Crippen LogP) is 4.24. The minimum Gasteiger partial charge on any atom is -0.346 e. The topological polar surface area (TPSA) is 17.0 Å². The molecule has 0 aliphatic heterocycles. The number of benzene rings is 1. The summed E-state index contributed by atoms with van der Waals surface area (Å²) in [4.78, 5) is 0. The van der Waals surface area contributed by atoms with Crippen LogP contribution in [0, 0.1) is 12.8 Å². The van der Waals surface area contributed by atoms with E-state index >= 15 is 0 Å². The Kier molecular flexibility index (Phi) is 5.27. The summed E-state index contributed by atoms with van der Waals surface area (Å²) in [6, 6.07) is 10.5. The zero-order chi connectivity index (χ0) is 14.5. The summed E-state index contributed by atoms with van der Waals surface area (Å²) >= 11 is 6.32. The number of rotatable bonds is 6. The third-order valence-corrected chi connectivity index (χ3v) is 3.68. The lowest BCUT2D eigenvalue weighted by molar-refractivity contribution is 0.539. The Morgan fingerprint density at radius 1 is 1.25 bits per heavy atom. The molecule has 1 N–H and O–H groups in total. The summed E-state index contributed by atoms with van der Waals surface area (Å²) in [5.74, 6) is 0.671. The summed E-state index contributed by atoms with van der Waals surface area (Å²) in [5.41, 5.74) is 3.66. The minimum absolute atomic E-state index is 0.671. The lowest BCUT2D eigenvalue weighted by atomic mass is 10.1. The Balaban J connectivity index is 2.04. The fraction of sp³-hybridized carbons (Fsp3) is 0.412. The van der Waals surface area contributed by atoms with Crippen molar-refractivity contribution in [3.8, 4) is 0 Å². The Labute approximate surface area is 126 Å². The molecule has 0 amide bonds. The monoisotopic (exact) mass is 290 g/mol. The van der Waals surface area contributed by atoms with Crippen LogP contribution in [-0.4, -0.2) is 11.1 Å². The van der Waals surface area contributed by atoms with Crippen molar-refractivity contribution in [2.24, 2.45) is 5.92 Å². The third kappa shape index (κ3) is 4.12. The first-order chi connectivity index (χ1) is 9.56. The van der Waals surface area contributed by atoms with Crippen LogP contribution >= 0.6 is 11.6 Å². The van der Waals surface area contributed by atoms with Crippen molar-refractivity contribution in [1.29, 1.82) is 0 Å². The summed E-state index contributed by atoms with van der Waals surface area (Å²) < 4.78 is 2.25. The molecule has 0 saturated carbocycles. The Hall–Kier alpha value is -1.25. The van der Waals surface area contributed by atoms with Crippen molar-refractivity contribution >= 4 is 11.6 Å². The Bertz CT molecular complexity index is 558. The standard InChI is InChI=1S/C17H23ClN2/c1-13(2)10-19-11-16-5-4-8-20(16)12-15-7-6-14(3)9-17(15)18/h4-9,13,19H,10-12H2,1-3H3. The van der Waals surface area contributed by atoms with Crippen LogP contribution in [0.3, 0.4) is 0 Å². The first kappa shape index (κ1) is 15.1. The van der Waals surface area contributed by atoms with Crippen molar-refractivity contribution in [2.75, 3.05) is 6.54 Å². The van der Waals surface area contributed by atoms with Gasteiger partial charge in [-0.3, -0.25) is 0 Å². The molecule has 2 nitrogen and oxygen atoms in total. The first-order valence-electron chi connectivity index (χ1n) is 7.16. The molecular weight excluding hydrogens is 268 g/mol. The van der Waals surface area contributed by atoms with Gasteiger partial charge >= 0.3 is 0 Å². The van der Waals surface area contributed by atoms with Gasteiger partial charge in [0.15, 0.2) is 0 Å². The lowest BCUT2D eigenvalue weighted by Crippen LogP contribution is -2.21. The van der Waals surface area contributed by atoms with Crippen LogP contribution in [0.1, 0.15) is 30.7 Å². The van der Waals surface area contributed by atoms with Gasteiger partial charge in [-0.1, -0.05) is 37.6 Å². The van der Waals surface area contributed by atoms with E-state index < -0.39 is 0 Å². The molecule has 3 heteroatoms. The van der Waals surface area contributed by atoms with Crippen LogP contribution in [0.5, 0.6) is 0 Å². The van der Waals surface area contributed by atoms with Crippen molar-refractivity contribution in [3.63, 3.8) is 0 Å². The number of hydrogen-bond donors (Lipinski definition) is 1. The molecule has 1 heterocycles. The number of nitrogens with zero attached hydrogens (tertiary/aromatic N) is 1. The number of hydrogen-bond acceptors (Lipinski definition) is 1. The van der Waals surface area contributed by atoms with E-state index in [0.717, 1.165) is 24.7 Å². The van der Waals surface area contributed by atoms with Crippen LogP contribution in [0.4, 0.5) is 0 Å². The fourth-order valence-electron chi connectivity index (χ4n) is 2.22. The van der Waals surface area contributed by atoms with Gasteiger partial charge in [-0.25, -0.2) is 0 Å². The highest BCUT2D eigenvalue weighted by Crippen LogP contribution is 2.19. The van der Waals surface area contributed by atoms with Crippen molar-refractivity contribution in [2.45, 2.75) is 33.9 Å². The Morgan fingerprint density at radius 3 is 2.75 bits per heavy atom. The molecule has 2 aromatic rings. The molecule has 2 rings (SSSR count). The van der Waals surface area contributed by atoms with Gasteiger partial charge in [0.2, 0.25) is 0 Å². The zero-order valence-electron chi connectivity index (χ0n) is 12.5. The van der Waals surface area contributed by atoms with E-state index in [1.807, 2.05) is 6.07 Å². The molecule has 0 fully saturated rings. The molecule has 0 spiro atoms. The third-order valence-electron chi connectivity index (χ3n) is 3.33. The van der Waals surface area contributed by atoms with Gasteiger partial charge in [-0.2, -0.15) is 0 Å². The number of halogens is 1. The highest BCUT2D eigenvalue weighted by Gasteiger charge is 2.05. The molecule has 1 aromatic heterocycles. The molecule has 0 atom stereocenters. The number of nitrogens with one attached hydrogen (secondary N) is 1. The molecule has 108 valence electrons. The van der Waals surface area contributed by atoms with Crippen LogP contribution in [-0.2, 0) is 13.1 Å². The average molecular weight is 291 g/mol. The first-order valence-corrected chi connectivity index (χ1v) is 7.54. The van der Waals surface area contributed by atoms with Gasteiger partial charge in [-0.05, 0) is 48.7 Å². The van der Waals surface area contributed by atoms with Crippen molar-refractivity contribution in [3.05, 3.63) is 58.4 Å². The second-order valence-corrected chi connectivity index (χ2v) is 6.15. The molecule has 0 unspecified atom stereocenters. The maximum Gasteiger partial charge on any atom is 0.0488 e. The molecular formula is C17H23ClN2. The predicted molar refractivity (Wildman–Crippen MR) is 86.3 cm³/mol. The van der Waals surface area contributed by atoms with Gasteiger partial charge in [0.05, 0.1) is 0 Å². The SMILES string of the molecule is Cc1ccc(Cn2cccc2CNCC(C)C)c(Cl)c1. The molecule has 0 bridgehead atoms. The van der Waals surface area contributed by atoms with E-state index in [9.17, 15) is 0 Å². The second-order valence-electron chi connectivity index (χ2n) is 5.75. The zero-order valence-corrected chi connectivity index (χ0v) is 13.2. The van der Waals surface area contributed by atoms with Gasteiger partial charge in [0.1, 0.15) is 0 Å². The fourth-order valence-corrected chi connectivity index (χ4v) is 2.51. The Morgan fingerprint density at radius 2 is 2.05 bits per heavy atom. The van der Waals surface area contributed by atoms with Gasteiger partial charge in [-0.15, -0.1) is 0 Å². The molecule has 0 saturated heterocycles. The van der Waals surface area contributed by atoms with E-state index in [1.54, 1.807) is 0 Å².